The minimum absolute atomic E-state index is 0.0979. The van der Waals surface area contributed by atoms with Crippen molar-refractivity contribution in [1.29, 1.82) is 0 Å². The number of nitrogens with one attached hydrogen (secondary N) is 1. The van der Waals surface area contributed by atoms with Crippen LogP contribution in [0.25, 0.3) is 0 Å². The summed E-state index contributed by atoms with van der Waals surface area (Å²) in [5.41, 5.74) is 0.854. The van der Waals surface area contributed by atoms with Crippen LogP contribution >= 0.6 is 0 Å². The fraction of sp³-hybridized carbons (Fsp3) is 0.849. The van der Waals surface area contributed by atoms with Gasteiger partial charge in [-0.1, -0.05) is 218 Å². The number of carbonyl (C=O) groups is 2. The quantitative estimate of drug-likeness (QED) is 0.0372. The van der Waals surface area contributed by atoms with E-state index in [1.54, 1.807) is 0 Å². The Bertz CT molecular complexity index is 1200. The lowest BCUT2D eigenvalue weighted by atomic mass is 9.96. The van der Waals surface area contributed by atoms with Gasteiger partial charge in [0.05, 0.1) is 32.2 Å². The van der Waals surface area contributed by atoms with Crippen molar-refractivity contribution in [3.63, 3.8) is 0 Å². The highest BCUT2D eigenvalue weighted by atomic mass is 16.6. The Morgan fingerprint density at radius 3 is 1.57 bits per heavy atom. The van der Waals surface area contributed by atoms with Gasteiger partial charge >= 0.3 is 5.97 Å². The van der Waals surface area contributed by atoms with Crippen molar-refractivity contribution in [2.24, 2.45) is 0 Å². The lowest BCUT2D eigenvalue weighted by molar-refractivity contribution is -0.263. The number of hydrogen-bond donors (Lipinski definition) is 4. The van der Waals surface area contributed by atoms with E-state index in [1.165, 1.54) is 135 Å². The normalized spacial score (nSPS) is 19.8. The van der Waals surface area contributed by atoms with Crippen LogP contribution in [0.3, 0.4) is 0 Å². The molecule has 366 valence electrons. The standard InChI is InChI=1S/C53H95NO9/c1-4-7-10-13-16-19-22-25-28-34-39-60-45(37-32-26-23-20-17-14-11-8-5-2)41-49(57)62-46(38-33-27-24-21-18-15-12-9-6-3)40-48(56)54-50-52(51(58)47(42-55)63-53(50)59)61-43-44-35-30-29-31-36-44/h29-31,35-36,45-47,50-53,55,58-59H,4-28,32-34,37-43H2,1-3H3,(H,54,56)/t45-,46-,47-,50-,51-,52-,53+/m1/s1. The second-order valence-electron chi connectivity index (χ2n) is 18.5. The zero-order chi connectivity index (χ0) is 45.6. The number of amides is 1. The number of hydrogen-bond acceptors (Lipinski definition) is 9. The molecule has 1 heterocycles. The Morgan fingerprint density at radius 1 is 0.619 bits per heavy atom. The lowest BCUT2D eigenvalue weighted by Crippen LogP contribution is -2.65. The highest BCUT2D eigenvalue weighted by molar-refractivity contribution is 5.77. The molecule has 1 aromatic carbocycles. The van der Waals surface area contributed by atoms with E-state index < -0.39 is 49.3 Å². The van der Waals surface area contributed by atoms with Gasteiger partial charge in [-0.3, -0.25) is 9.59 Å². The maximum absolute atomic E-state index is 13.8. The molecule has 1 amide bonds. The number of aliphatic hydroxyl groups excluding tert-OH is 3. The van der Waals surface area contributed by atoms with Crippen LogP contribution in [0.5, 0.6) is 0 Å². The van der Waals surface area contributed by atoms with Crippen LogP contribution in [0.15, 0.2) is 30.3 Å². The first-order valence-corrected chi connectivity index (χ1v) is 26.2. The summed E-state index contributed by atoms with van der Waals surface area (Å²) in [7, 11) is 0. The number of aliphatic hydroxyl groups is 3. The Morgan fingerprint density at radius 2 is 1.08 bits per heavy atom. The summed E-state index contributed by atoms with van der Waals surface area (Å²) in [4.78, 5) is 27.5. The van der Waals surface area contributed by atoms with Crippen molar-refractivity contribution >= 4 is 11.9 Å². The molecule has 0 bridgehead atoms. The molecule has 1 saturated heterocycles. The first kappa shape index (κ1) is 57.0. The van der Waals surface area contributed by atoms with Crippen LogP contribution in [-0.4, -0.2) is 83.3 Å². The van der Waals surface area contributed by atoms with Gasteiger partial charge in [0.1, 0.15) is 30.5 Å². The van der Waals surface area contributed by atoms with Crippen molar-refractivity contribution in [2.75, 3.05) is 13.2 Å². The van der Waals surface area contributed by atoms with Crippen molar-refractivity contribution in [3.05, 3.63) is 35.9 Å². The third-order valence-corrected chi connectivity index (χ3v) is 12.7. The number of esters is 1. The summed E-state index contributed by atoms with van der Waals surface area (Å²) in [5, 5.41) is 34.7. The molecule has 1 aliphatic rings. The average molecular weight is 890 g/mol. The molecule has 0 radical (unpaired) electrons. The molecular formula is C53H95NO9. The summed E-state index contributed by atoms with van der Waals surface area (Å²) >= 11 is 0. The maximum atomic E-state index is 13.8. The van der Waals surface area contributed by atoms with Gasteiger partial charge in [0, 0.05) is 6.61 Å². The largest absolute Gasteiger partial charge is 0.462 e. The smallest absolute Gasteiger partial charge is 0.308 e. The minimum atomic E-state index is -1.52. The Labute approximate surface area is 384 Å². The third-order valence-electron chi connectivity index (χ3n) is 12.7. The Kier molecular flexibility index (Phi) is 35.4. The molecule has 0 unspecified atom stereocenters. The summed E-state index contributed by atoms with van der Waals surface area (Å²) in [6.07, 6.45) is 29.6. The van der Waals surface area contributed by atoms with Crippen LogP contribution in [0.2, 0.25) is 0 Å². The van der Waals surface area contributed by atoms with Gasteiger partial charge in [-0.2, -0.15) is 0 Å². The van der Waals surface area contributed by atoms with Crippen LogP contribution in [0.4, 0.5) is 0 Å². The topological polar surface area (TPSA) is 144 Å². The van der Waals surface area contributed by atoms with E-state index in [0.29, 0.717) is 13.0 Å². The van der Waals surface area contributed by atoms with Gasteiger partial charge in [0.15, 0.2) is 6.29 Å². The van der Waals surface area contributed by atoms with E-state index in [1.807, 2.05) is 30.3 Å². The first-order valence-electron chi connectivity index (χ1n) is 26.2. The molecule has 1 aliphatic heterocycles. The molecule has 7 atom stereocenters. The van der Waals surface area contributed by atoms with E-state index in [2.05, 4.69) is 26.1 Å². The van der Waals surface area contributed by atoms with Crippen LogP contribution in [-0.2, 0) is 35.1 Å². The fourth-order valence-corrected chi connectivity index (χ4v) is 8.73. The highest BCUT2D eigenvalue weighted by Crippen LogP contribution is 2.25. The molecule has 2 rings (SSSR count). The predicted octanol–water partition coefficient (Wildman–Crippen LogP) is 12.0. The lowest BCUT2D eigenvalue weighted by Gasteiger charge is -2.42. The monoisotopic (exact) mass is 890 g/mol. The van der Waals surface area contributed by atoms with Gasteiger partial charge in [0.2, 0.25) is 5.91 Å². The molecule has 4 N–H and O–H groups in total. The van der Waals surface area contributed by atoms with Gasteiger partial charge in [-0.05, 0) is 31.2 Å². The van der Waals surface area contributed by atoms with Gasteiger partial charge in [-0.15, -0.1) is 0 Å². The van der Waals surface area contributed by atoms with E-state index >= 15 is 0 Å². The number of unbranched alkanes of at least 4 members (excludes halogenated alkanes) is 25. The van der Waals surface area contributed by atoms with Crippen molar-refractivity contribution in [1.82, 2.24) is 5.32 Å². The maximum Gasteiger partial charge on any atom is 0.308 e. The molecule has 0 aliphatic carbocycles. The van der Waals surface area contributed by atoms with Crippen LogP contribution in [0, 0.1) is 0 Å². The van der Waals surface area contributed by atoms with Crippen molar-refractivity contribution in [3.8, 4) is 0 Å². The summed E-state index contributed by atoms with van der Waals surface area (Å²) in [6, 6.07) is 8.31. The van der Waals surface area contributed by atoms with Crippen LogP contribution in [0.1, 0.15) is 232 Å². The summed E-state index contributed by atoms with van der Waals surface area (Å²) in [5.74, 6) is -0.790. The zero-order valence-electron chi connectivity index (χ0n) is 40.5. The number of benzene rings is 1. The van der Waals surface area contributed by atoms with Gasteiger partial charge < -0.3 is 39.6 Å². The molecule has 1 aromatic rings. The van der Waals surface area contributed by atoms with Crippen molar-refractivity contribution in [2.45, 2.75) is 276 Å². The second-order valence-corrected chi connectivity index (χ2v) is 18.5. The molecule has 0 spiro atoms. The molecule has 10 heteroatoms. The first-order chi connectivity index (χ1) is 30.8. The number of carbonyl (C=O) groups excluding carboxylic acids is 2. The van der Waals surface area contributed by atoms with E-state index in [0.717, 1.165) is 56.9 Å². The third kappa shape index (κ3) is 28.5. The van der Waals surface area contributed by atoms with Gasteiger partial charge in [-0.25, -0.2) is 0 Å². The SMILES string of the molecule is CCCCCCCCCCCCO[C@H](CCCCCCCCCCC)CC(=O)O[C@H](CCCCCCCCCCC)CC(=O)N[C@@H]1[C@@H](OCc2ccccc2)[C@H](O)[C@@H](CO)O[C@@H]1O. The number of ether oxygens (including phenoxy) is 4. The van der Waals surface area contributed by atoms with Gasteiger partial charge in [0.25, 0.3) is 0 Å². The predicted molar refractivity (Wildman–Crippen MR) is 255 cm³/mol. The summed E-state index contributed by atoms with van der Waals surface area (Å²) < 4.78 is 24.1. The molecular weight excluding hydrogens is 795 g/mol. The zero-order valence-corrected chi connectivity index (χ0v) is 40.5. The molecule has 1 fully saturated rings. The molecule has 0 aromatic heterocycles. The average Bonchev–Trinajstić information content (AvgIpc) is 3.28. The Hall–Kier alpha value is -2.08. The fourth-order valence-electron chi connectivity index (χ4n) is 8.73. The highest BCUT2D eigenvalue weighted by Gasteiger charge is 2.46. The minimum Gasteiger partial charge on any atom is -0.462 e. The number of rotatable bonds is 42. The molecule has 10 nitrogen and oxygen atoms in total. The summed E-state index contributed by atoms with van der Waals surface area (Å²) in [6.45, 7) is 6.98. The second kappa shape index (κ2) is 39.1. The van der Waals surface area contributed by atoms with E-state index in [-0.39, 0.29) is 31.5 Å². The van der Waals surface area contributed by atoms with Crippen molar-refractivity contribution < 1.29 is 43.9 Å². The van der Waals surface area contributed by atoms with Crippen LogP contribution < -0.4 is 5.32 Å². The molecule has 63 heavy (non-hydrogen) atoms. The molecule has 0 saturated carbocycles. The van der Waals surface area contributed by atoms with E-state index in [4.69, 9.17) is 18.9 Å². The van der Waals surface area contributed by atoms with E-state index in [9.17, 15) is 24.9 Å². The Balaban J connectivity index is 2.03.